The summed E-state index contributed by atoms with van der Waals surface area (Å²) >= 11 is 0. The molecule has 0 bridgehead atoms. The van der Waals surface area contributed by atoms with Gasteiger partial charge in [-0.1, -0.05) is 46.2 Å². The number of nitrogen functional groups attached to an aromatic ring is 1. The first-order chi connectivity index (χ1) is 26.5. The number of rotatable bonds is 21. The van der Waals surface area contributed by atoms with Gasteiger partial charge < -0.3 is 40.4 Å². The van der Waals surface area contributed by atoms with Gasteiger partial charge >= 0.3 is 5.97 Å². The Bertz CT molecular complexity index is 1460. The van der Waals surface area contributed by atoms with Crippen molar-refractivity contribution in [1.82, 2.24) is 25.3 Å². The monoisotopic (exact) mass is 787 g/mol. The Balaban J connectivity index is 1.66. The molecule has 2 heterocycles. The summed E-state index contributed by atoms with van der Waals surface area (Å²) in [4.78, 5) is 73.0. The van der Waals surface area contributed by atoms with Gasteiger partial charge in [0, 0.05) is 46.3 Å². The first kappa shape index (κ1) is 46.6. The van der Waals surface area contributed by atoms with Crippen LogP contribution in [0.2, 0.25) is 0 Å². The van der Waals surface area contributed by atoms with Gasteiger partial charge in [-0.15, -0.1) is 0 Å². The molecule has 0 spiro atoms. The largest absolute Gasteiger partial charge is 0.467 e. The number of ether oxygens (including phenoxy) is 3. The smallest absolute Gasteiger partial charge is 0.328 e. The van der Waals surface area contributed by atoms with Crippen LogP contribution in [0.15, 0.2) is 24.3 Å². The van der Waals surface area contributed by atoms with Crippen molar-refractivity contribution in [2.24, 2.45) is 11.8 Å². The van der Waals surface area contributed by atoms with E-state index in [4.69, 9.17) is 19.9 Å². The summed E-state index contributed by atoms with van der Waals surface area (Å²) in [6, 6.07) is 4.94. The van der Waals surface area contributed by atoms with Gasteiger partial charge in [-0.25, -0.2) is 4.79 Å². The molecule has 2 aliphatic heterocycles. The molecule has 14 nitrogen and oxygen atoms in total. The van der Waals surface area contributed by atoms with E-state index in [1.807, 2.05) is 49.8 Å². The average Bonchev–Trinajstić information content (AvgIpc) is 3.81. The molecule has 1 aromatic rings. The van der Waals surface area contributed by atoms with Crippen LogP contribution in [0.4, 0.5) is 5.69 Å². The second-order valence-electron chi connectivity index (χ2n) is 16.3. The maximum absolute atomic E-state index is 14.2. The number of methoxy groups -OCH3 is 3. The van der Waals surface area contributed by atoms with Crippen molar-refractivity contribution in [3.63, 3.8) is 0 Å². The van der Waals surface area contributed by atoms with E-state index in [9.17, 15) is 24.0 Å². The van der Waals surface area contributed by atoms with Crippen LogP contribution in [-0.2, 0) is 44.6 Å². The highest BCUT2D eigenvalue weighted by atomic mass is 16.5. The Morgan fingerprint density at radius 1 is 1.00 bits per heavy atom. The Labute approximate surface area is 334 Å². The van der Waals surface area contributed by atoms with E-state index in [2.05, 4.69) is 24.5 Å². The fraction of sp³-hybridized carbons (Fsp3) is 0.738. The first-order valence-electron chi connectivity index (χ1n) is 20.4. The van der Waals surface area contributed by atoms with Crippen molar-refractivity contribution in [2.45, 2.75) is 141 Å². The molecule has 14 heteroatoms. The molecule has 0 radical (unpaired) electrons. The second kappa shape index (κ2) is 21.7. The third kappa shape index (κ3) is 11.9. The Kier molecular flexibility index (Phi) is 18.1. The van der Waals surface area contributed by atoms with Crippen molar-refractivity contribution in [3.8, 4) is 0 Å². The van der Waals surface area contributed by atoms with Gasteiger partial charge in [0.2, 0.25) is 23.6 Å². The van der Waals surface area contributed by atoms with E-state index < -0.39 is 35.7 Å². The third-order valence-corrected chi connectivity index (χ3v) is 12.3. The van der Waals surface area contributed by atoms with E-state index in [1.54, 1.807) is 38.3 Å². The van der Waals surface area contributed by atoms with E-state index in [0.29, 0.717) is 25.1 Å². The average molecular weight is 787 g/mol. The van der Waals surface area contributed by atoms with Gasteiger partial charge in [-0.3, -0.25) is 24.1 Å². The second-order valence-corrected chi connectivity index (χ2v) is 16.3. The van der Waals surface area contributed by atoms with Crippen LogP contribution in [0.5, 0.6) is 0 Å². The summed E-state index contributed by atoms with van der Waals surface area (Å²) in [7, 11) is 8.19. The molecule has 4 amide bonds. The number of likely N-dealkylation sites (tertiary alicyclic amines) is 2. The molecule has 3 rings (SSSR count). The van der Waals surface area contributed by atoms with Gasteiger partial charge in [0.25, 0.3) is 0 Å². The van der Waals surface area contributed by atoms with Gasteiger partial charge in [0.15, 0.2) is 0 Å². The van der Waals surface area contributed by atoms with E-state index in [0.717, 1.165) is 44.2 Å². The van der Waals surface area contributed by atoms with Crippen molar-refractivity contribution in [3.05, 3.63) is 29.8 Å². The van der Waals surface area contributed by atoms with Crippen molar-refractivity contribution < 1.29 is 38.2 Å². The summed E-state index contributed by atoms with van der Waals surface area (Å²) in [6.07, 6.45) is 4.65. The van der Waals surface area contributed by atoms with Crippen LogP contribution in [-0.4, -0.2) is 135 Å². The first-order valence-corrected chi connectivity index (χ1v) is 20.4. The van der Waals surface area contributed by atoms with Gasteiger partial charge in [0.1, 0.15) is 12.1 Å². The molecule has 4 N–H and O–H groups in total. The minimum Gasteiger partial charge on any atom is -0.467 e. The number of carbonyl (C=O) groups is 5. The van der Waals surface area contributed by atoms with Crippen LogP contribution < -0.4 is 16.4 Å². The highest BCUT2D eigenvalue weighted by Crippen LogP contribution is 2.30. The van der Waals surface area contributed by atoms with Gasteiger partial charge in [-0.2, -0.15) is 0 Å². The minimum absolute atomic E-state index is 0.00112. The molecule has 2 fully saturated rings. The quantitative estimate of drug-likeness (QED) is 0.124. The molecule has 2 saturated heterocycles. The Morgan fingerprint density at radius 2 is 1.68 bits per heavy atom. The number of nitrogens with two attached hydrogens (primary N) is 1. The standard InChI is InChI=1S/C42H70N6O8/c1-11-28(4)38(47(7)39(51)37(27(2)3)45-41(53)42(5)22-14-23-46(42)6)34(55-9)26-36(50)48-24-13-15-32(48)33(54-8)16-12-17-35(49)44-31(40(52)56-10)25-29-18-20-30(43)21-19-29/h18-21,27-28,31-34,37-38H,11-17,22-26,43H2,1-10H3,(H,44,49)(H,45,53)/t28-,31-,32-,33+,34+,37-,38-,42-/m0/s1. The van der Waals surface area contributed by atoms with E-state index >= 15 is 0 Å². The van der Waals surface area contributed by atoms with Gasteiger partial charge in [0.05, 0.1) is 43.4 Å². The molecular formula is C42H70N6O8. The van der Waals surface area contributed by atoms with Crippen LogP contribution in [0.25, 0.3) is 0 Å². The highest BCUT2D eigenvalue weighted by Gasteiger charge is 2.45. The van der Waals surface area contributed by atoms with Crippen molar-refractivity contribution >= 4 is 35.3 Å². The lowest BCUT2D eigenvalue weighted by Gasteiger charge is -2.41. The zero-order valence-corrected chi connectivity index (χ0v) is 35.6. The molecule has 8 atom stereocenters. The highest BCUT2D eigenvalue weighted by molar-refractivity contribution is 5.92. The van der Waals surface area contributed by atoms with E-state index in [-0.39, 0.29) is 66.9 Å². The number of hydrogen-bond donors (Lipinski definition) is 3. The number of nitrogens with one attached hydrogen (secondary N) is 2. The van der Waals surface area contributed by atoms with Crippen LogP contribution in [0.1, 0.15) is 98.0 Å². The maximum atomic E-state index is 14.2. The maximum Gasteiger partial charge on any atom is 0.328 e. The molecule has 0 unspecified atom stereocenters. The number of carbonyl (C=O) groups excluding carboxylic acids is 5. The van der Waals surface area contributed by atoms with Crippen LogP contribution in [0, 0.1) is 11.8 Å². The number of nitrogens with zero attached hydrogens (tertiary/aromatic N) is 3. The fourth-order valence-electron chi connectivity index (χ4n) is 8.34. The molecule has 0 aromatic heterocycles. The van der Waals surface area contributed by atoms with Gasteiger partial charge in [-0.05, 0) is 88.6 Å². The Morgan fingerprint density at radius 3 is 2.23 bits per heavy atom. The minimum atomic E-state index is -0.836. The number of likely N-dealkylation sites (N-methyl/N-ethyl adjacent to an activating group) is 2. The lowest BCUT2D eigenvalue weighted by molar-refractivity contribution is -0.147. The number of esters is 1. The summed E-state index contributed by atoms with van der Waals surface area (Å²) in [5, 5.41) is 5.90. The topological polar surface area (TPSA) is 173 Å². The molecule has 1 aromatic carbocycles. The third-order valence-electron chi connectivity index (χ3n) is 12.3. The molecular weight excluding hydrogens is 716 g/mol. The number of benzene rings is 1. The number of anilines is 1. The predicted octanol–water partition coefficient (Wildman–Crippen LogP) is 3.55. The number of hydrogen-bond acceptors (Lipinski definition) is 10. The number of amides is 4. The summed E-state index contributed by atoms with van der Waals surface area (Å²) in [5.41, 5.74) is 6.57. The molecule has 2 aliphatic rings. The zero-order valence-electron chi connectivity index (χ0n) is 35.6. The van der Waals surface area contributed by atoms with Crippen LogP contribution >= 0.6 is 0 Å². The van der Waals surface area contributed by atoms with Crippen molar-refractivity contribution in [2.75, 3.05) is 54.2 Å². The molecule has 56 heavy (non-hydrogen) atoms. The van der Waals surface area contributed by atoms with E-state index in [1.165, 1.54) is 7.11 Å². The molecule has 0 saturated carbocycles. The van der Waals surface area contributed by atoms with Crippen molar-refractivity contribution in [1.29, 1.82) is 0 Å². The van der Waals surface area contributed by atoms with Crippen LogP contribution in [0.3, 0.4) is 0 Å². The molecule has 316 valence electrons. The summed E-state index contributed by atoms with van der Waals surface area (Å²) in [5.74, 6) is -1.40. The lowest BCUT2D eigenvalue weighted by Crippen LogP contribution is -2.61. The SMILES string of the molecule is CC[C@H](C)[C@@H]([C@@H](CC(=O)N1CCC[C@H]1[C@@H](CCCC(=O)N[C@@H](Cc1ccc(N)cc1)C(=O)OC)OC)OC)N(C)C(=O)[C@@H](NC(=O)[C@]1(C)CCCN1C)C(C)C. The summed E-state index contributed by atoms with van der Waals surface area (Å²) in [6.45, 7) is 11.3. The lowest BCUT2D eigenvalue weighted by atomic mass is 9.89. The Hall–Kier alpha value is -3.75. The zero-order chi connectivity index (χ0) is 41.7. The fourth-order valence-corrected chi connectivity index (χ4v) is 8.34. The normalized spacial score (nSPS) is 21.8. The predicted molar refractivity (Wildman–Crippen MR) is 216 cm³/mol. The summed E-state index contributed by atoms with van der Waals surface area (Å²) < 4.78 is 16.9. The molecule has 0 aliphatic carbocycles.